The quantitative estimate of drug-likeness (QED) is 0.606. The number of rotatable bonds is 6. The van der Waals surface area contributed by atoms with Gasteiger partial charge in [0.05, 0.1) is 23.6 Å². The number of hydrogen-bond donors (Lipinski definition) is 2. The van der Waals surface area contributed by atoms with E-state index in [2.05, 4.69) is 34.3 Å². The summed E-state index contributed by atoms with van der Waals surface area (Å²) in [5.74, 6) is 5.59. The molecule has 19 heavy (non-hydrogen) atoms. The van der Waals surface area contributed by atoms with Gasteiger partial charge in [0.1, 0.15) is 0 Å². The molecule has 0 aliphatic carbocycles. The van der Waals surface area contributed by atoms with Gasteiger partial charge >= 0.3 is 0 Å². The number of nitrogens with two attached hydrogens (primary N) is 1. The highest BCUT2D eigenvalue weighted by Gasteiger charge is 2.14. The van der Waals surface area contributed by atoms with Gasteiger partial charge in [-0.3, -0.25) is 25.9 Å². The Bertz CT molecular complexity index is 495. The number of hydrogen-bond acceptors (Lipinski definition) is 5. The standard InChI is InChI=1S/C13H20N6/c1-3-10(2)19-7-4-11(18-19)8-12(17-14)13-9-15-5-6-16-13/h4-7,9-10,12,17H,3,8,14H2,1-2H3. The van der Waals surface area contributed by atoms with Crippen molar-refractivity contribution >= 4 is 0 Å². The Morgan fingerprint density at radius 1 is 1.42 bits per heavy atom. The molecule has 2 aromatic heterocycles. The van der Waals surface area contributed by atoms with Crippen molar-refractivity contribution in [1.29, 1.82) is 0 Å². The van der Waals surface area contributed by atoms with Gasteiger partial charge in [0.15, 0.2) is 0 Å². The molecule has 0 aliphatic rings. The number of hydrazine groups is 1. The van der Waals surface area contributed by atoms with Crippen LogP contribution in [-0.2, 0) is 6.42 Å². The van der Waals surface area contributed by atoms with Crippen molar-refractivity contribution in [2.75, 3.05) is 0 Å². The van der Waals surface area contributed by atoms with Gasteiger partial charge in [-0.15, -0.1) is 0 Å². The van der Waals surface area contributed by atoms with Crippen LogP contribution in [0.15, 0.2) is 30.9 Å². The smallest absolute Gasteiger partial charge is 0.0773 e. The zero-order valence-corrected chi connectivity index (χ0v) is 11.3. The zero-order chi connectivity index (χ0) is 13.7. The van der Waals surface area contributed by atoms with Gasteiger partial charge in [-0.05, 0) is 19.4 Å². The molecule has 2 atom stereocenters. The lowest BCUT2D eigenvalue weighted by molar-refractivity contribution is 0.465. The van der Waals surface area contributed by atoms with Gasteiger partial charge in [-0.2, -0.15) is 5.10 Å². The maximum Gasteiger partial charge on any atom is 0.0773 e. The lowest BCUT2D eigenvalue weighted by atomic mass is 10.1. The van der Waals surface area contributed by atoms with Crippen molar-refractivity contribution in [2.45, 2.75) is 38.8 Å². The third kappa shape index (κ3) is 3.36. The fourth-order valence-electron chi connectivity index (χ4n) is 1.87. The van der Waals surface area contributed by atoms with Crippen LogP contribution in [0.4, 0.5) is 0 Å². The van der Waals surface area contributed by atoms with E-state index in [0.29, 0.717) is 12.5 Å². The third-order valence-electron chi connectivity index (χ3n) is 3.26. The fourth-order valence-corrected chi connectivity index (χ4v) is 1.87. The van der Waals surface area contributed by atoms with E-state index in [1.807, 2.05) is 16.9 Å². The maximum atomic E-state index is 5.59. The van der Waals surface area contributed by atoms with Crippen molar-refractivity contribution < 1.29 is 0 Å². The minimum Gasteiger partial charge on any atom is -0.271 e. The second-order valence-electron chi connectivity index (χ2n) is 4.60. The first-order chi connectivity index (χ1) is 9.24. The Kier molecular flexibility index (Phi) is 4.59. The van der Waals surface area contributed by atoms with E-state index < -0.39 is 0 Å². The topological polar surface area (TPSA) is 81.7 Å². The molecule has 2 aromatic rings. The van der Waals surface area contributed by atoms with Crippen molar-refractivity contribution in [3.63, 3.8) is 0 Å². The first-order valence-corrected chi connectivity index (χ1v) is 6.50. The summed E-state index contributed by atoms with van der Waals surface area (Å²) in [6, 6.07) is 2.36. The summed E-state index contributed by atoms with van der Waals surface area (Å²) >= 11 is 0. The van der Waals surface area contributed by atoms with Gasteiger partial charge in [-0.25, -0.2) is 0 Å². The molecule has 3 N–H and O–H groups in total. The Labute approximate surface area is 113 Å². The molecule has 0 saturated heterocycles. The molecule has 2 heterocycles. The Morgan fingerprint density at radius 3 is 2.89 bits per heavy atom. The van der Waals surface area contributed by atoms with E-state index in [4.69, 9.17) is 5.84 Å². The summed E-state index contributed by atoms with van der Waals surface area (Å²) in [5.41, 5.74) is 4.58. The molecule has 6 nitrogen and oxygen atoms in total. The molecule has 0 aliphatic heterocycles. The summed E-state index contributed by atoms with van der Waals surface area (Å²) in [6.07, 6.45) is 8.79. The van der Waals surface area contributed by atoms with Gasteiger partial charge in [-0.1, -0.05) is 6.92 Å². The number of aromatic nitrogens is 4. The monoisotopic (exact) mass is 260 g/mol. The highest BCUT2D eigenvalue weighted by Crippen LogP contribution is 2.15. The summed E-state index contributed by atoms with van der Waals surface area (Å²) in [7, 11) is 0. The normalized spacial score (nSPS) is 14.3. The van der Waals surface area contributed by atoms with E-state index in [0.717, 1.165) is 17.8 Å². The third-order valence-corrected chi connectivity index (χ3v) is 3.26. The molecule has 0 saturated carbocycles. The van der Waals surface area contributed by atoms with Crippen LogP contribution >= 0.6 is 0 Å². The van der Waals surface area contributed by atoms with Crippen LogP contribution < -0.4 is 11.3 Å². The van der Waals surface area contributed by atoms with Gasteiger partial charge in [0.25, 0.3) is 0 Å². The first-order valence-electron chi connectivity index (χ1n) is 6.50. The Hall–Kier alpha value is -1.79. The van der Waals surface area contributed by atoms with Crippen LogP contribution in [0.5, 0.6) is 0 Å². The highest BCUT2D eigenvalue weighted by atomic mass is 15.3. The summed E-state index contributed by atoms with van der Waals surface area (Å²) < 4.78 is 1.99. The lowest BCUT2D eigenvalue weighted by Crippen LogP contribution is -2.30. The first kappa shape index (κ1) is 13.6. The number of nitrogens with zero attached hydrogens (tertiary/aromatic N) is 4. The average molecular weight is 260 g/mol. The van der Waals surface area contributed by atoms with Crippen LogP contribution in [-0.4, -0.2) is 19.7 Å². The van der Waals surface area contributed by atoms with E-state index in [-0.39, 0.29) is 6.04 Å². The van der Waals surface area contributed by atoms with Crippen molar-refractivity contribution in [1.82, 2.24) is 25.2 Å². The second-order valence-corrected chi connectivity index (χ2v) is 4.60. The fraction of sp³-hybridized carbons (Fsp3) is 0.462. The summed E-state index contributed by atoms with van der Waals surface area (Å²) in [4.78, 5) is 8.32. The summed E-state index contributed by atoms with van der Waals surface area (Å²) in [6.45, 7) is 4.30. The molecule has 0 spiro atoms. The highest BCUT2D eigenvalue weighted by molar-refractivity contribution is 5.09. The predicted octanol–water partition coefficient (Wildman–Crippen LogP) is 1.39. The predicted molar refractivity (Wildman–Crippen MR) is 73.0 cm³/mol. The molecule has 6 heteroatoms. The molecule has 2 rings (SSSR count). The maximum absolute atomic E-state index is 5.59. The van der Waals surface area contributed by atoms with Gasteiger partial charge in [0.2, 0.25) is 0 Å². The minimum absolute atomic E-state index is 0.0750. The van der Waals surface area contributed by atoms with Crippen LogP contribution in [0.25, 0.3) is 0 Å². The average Bonchev–Trinajstić information content (AvgIpc) is 2.93. The summed E-state index contributed by atoms with van der Waals surface area (Å²) in [5, 5.41) is 4.57. The second kappa shape index (κ2) is 6.40. The van der Waals surface area contributed by atoms with Crippen molar-refractivity contribution in [3.8, 4) is 0 Å². The van der Waals surface area contributed by atoms with Crippen LogP contribution in [0.2, 0.25) is 0 Å². The molecule has 0 amide bonds. The molecular formula is C13H20N6. The largest absolute Gasteiger partial charge is 0.271 e. The van der Waals surface area contributed by atoms with Crippen LogP contribution in [0.1, 0.15) is 43.7 Å². The van der Waals surface area contributed by atoms with Crippen LogP contribution in [0, 0.1) is 0 Å². The van der Waals surface area contributed by atoms with Gasteiger partial charge < -0.3 is 0 Å². The zero-order valence-electron chi connectivity index (χ0n) is 11.3. The SMILES string of the molecule is CCC(C)n1ccc(CC(NN)c2cnccn2)n1. The van der Waals surface area contributed by atoms with Crippen molar-refractivity contribution in [2.24, 2.45) is 5.84 Å². The van der Waals surface area contributed by atoms with E-state index in [1.54, 1.807) is 18.6 Å². The van der Waals surface area contributed by atoms with E-state index in [1.165, 1.54) is 0 Å². The number of nitrogens with one attached hydrogen (secondary N) is 1. The van der Waals surface area contributed by atoms with E-state index in [9.17, 15) is 0 Å². The molecule has 0 radical (unpaired) electrons. The Balaban J connectivity index is 2.09. The molecule has 2 unspecified atom stereocenters. The van der Waals surface area contributed by atoms with Crippen molar-refractivity contribution in [3.05, 3.63) is 42.2 Å². The molecule has 0 aromatic carbocycles. The molecular weight excluding hydrogens is 240 g/mol. The van der Waals surface area contributed by atoms with Crippen LogP contribution in [0.3, 0.4) is 0 Å². The molecule has 0 bridgehead atoms. The molecule has 0 fully saturated rings. The molecule has 102 valence electrons. The van der Waals surface area contributed by atoms with E-state index >= 15 is 0 Å². The Morgan fingerprint density at radius 2 is 2.26 bits per heavy atom. The minimum atomic E-state index is -0.0750. The van der Waals surface area contributed by atoms with Gasteiger partial charge in [0, 0.05) is 31.1 Å². The lowest BCUT2D eigenvalue weighted by Gasteiger charge is -2.13.